The molecule has 0 bridgehead atoms. The number of furan rings is 6. The summed E-state index contributed by atoms with van der Waals surface area (Å²) in [7, 11) is 0. The molecule has 0 amide bonds. The van der Waals surface area contributed by atoms with Gasteiger partial charge < -0.3 is 41.2 Å². The van der Waals surface area contributed by atoms with E-state index < -0.39 is 0 Å². The largest absolute Gasteiger partial charge is 0.456 e. The third-order valence-electron chi connectivity index (χ3n) is 24.7. The van der Waals surface area contributed by atoms with E-state index in [1.165, 1.54) is 64.6 Å². The van der Waals surface area contributed by atoms with Crippen LogP contribution in [0.15, 0.2) is 445 Å². The Morgan fingerprint density at radius 3 is 0.707 bits per heavy atom. The molecular formula is C114H69N3O6. The Hall–Kier alpha value is -16.6. The minimum atomic E-state index is 0.864. The lowest BCUT2D eigenvalue weighted by Crippen LogP contribution is -2.10. The highest BCUT2D eigenvalue weighted by molar-refractivity contribution is 6.19. The summed E-state index contributed by atoms with van der Waals surface area (Å²) in [5, 5.41) is 28.1. The summed E-state index contributed by atoms with van der Waals surface area (Å²) < 4.78 is 37.9. The zero-order chi connectivity index (χ0) is 80.7. The lowest BCUT2D eigenvalue weighted by molar-refractivity contribution is 0.668. The zero-order valence-electron chi connectivity index (χ0n) is 66.1. The summed E-state index contributed by atoms with van der Waals surface area (Å²) in [4.78, 5) is 6.94. The van der Waals surface area contributed by atoms with Gasteiger partial charge in [-0.05, 0) is 187 Å². The maximum absolute atomic E-state index is 6.34. The lowest BCUT2D eigenvalue weighted by atomic mass is 9.99. The van der Waals surface area contributed by atoms with Gasteiger partial charge >= 0.3 is 0 Å². The molecule has 6 heterocycles. The van der Waals surface area contributed by atoms with Gasteiger partial charge in [-0.1, -0.05) is 249 Å². The third kappa shape index (κ3) is 11.5. The van der Waals surface area contributed by atoms with Crippen LogP contribution < -0.4 is 14.7 Å². The first kappa shape index (κ1) is 69.5. The topological polar surface area (TPSA) is 88.6 Å². The molecule has 0 fully saturated rings. The van der Waals surface area contributed by atoms with Crippen LogP contribution in [0.4, 0.5) is 51.2 Å². The van der Waals surface area contributed by atoms with Crippen LogP contribution in [0.25, 0.3) is 196 Å². The molecule has 0 aliphatic rings. The minimum absolute atomic E-state index is 0.864. The highest BCUT2D eigenvalue weighted by Crippen LogP contribution is 2.50. The average Bonchev–Trinajstić information content (AvgIpc) is 1.66. The Labute approximate surface area is 702 Å². The van der Waals surface area contributed by atoms with Gasteiger partial charge in [0.25, 0.3) is 0 Å². The Bertz CT molecular complexity index is 8570. The van der Waals surface area contributed by atoms with E-state index in [9.17, 15) is 0 Å². The minimum Gasteiger partial charge on any atom is -0.456 e. The highest BCUT2D eigenvalue weighted by Gasteiger charge is 2.25. The number of rotatable bonds is 9. The third-order valence-corrected chi connectivity index (χ3v) is 24.7. The predicted octanol–water partition coefficient (Wildman–Crippen LogP) is 33.8. The van der Waals surface area contributed by atoms with Crippen LogP contribution in [0.5, 0.6) is 0 Å². The van der Waals surface area contributed by atoms with Crippen molar-refractivity contribution in [1.82, 2.24) is 0 Å². The summed E-state index contributed by atoms with van der Waals surface area (Å²) >= 11 is 0. The van der Waals surface area contributed by atoms with Crippen molar-refractivity contribution in [3.63, 3.8) is 0 Å². The molecule has 9 heteroatoms. The molecule has 9 nitrogen and oxygen atoms in total. The zero-order valence-corrected chi connectivity index (χ0v) is 66.1. The molecule has 576 valence electrons. The molecule has 0 aliphatic heterocycles. The molecule has 0 N–H and O–H groups in total. The first-order valence-electron chi connectivity index (χ1n) is 41.5. The van der Waals surface area contributed by atoms with Gasteiger partial charge in [0.05, 0.1) is 11.4 Å². The standard InChI is InChI=1S/3C38H23NO2/c1-2-9-27-24(8-1)16-19-29-28(27)12-7-13-34(29)39(25-17-20-32-30-10-3-5-14-35(30)40-37(32)22-25)26-18-21-33-31-11-4-6-15-36(31)41-38(33)23-26;1-2-8-29-24(7-1)13-14-25-15-16-26(21-34(25)29)39(27-17-19-32-30-9-3-5-11-35(30)40-37(32)22-27)28-18-20-33-31-10-4-6-12-36(31)41-38(33)23-28;1-2-10-27-24(9-1)21-34(29-12-4-3-11-28(27)29)39(25-17-19-32-30-13-5-7-15-35(30)40-37(32)22-25)26-18-20-33-31-14-6-8-16-36(31)41-38(33)23-26/h3*1-23H. The summed E-state index contributed by atoms with van der Waals surface area (Å²) in [6.45, 7) is 0. The van der Waals surface area contributed by atoms with Gasteiger partial charge in [0.1, 0.15) is 67.0 Å². The van der Waals surface area contributed by atoms with E-state index in [0.29, 0.717) is 0 Å². The second kappa shape index (κ2) is 28.0. The number of hydrogen-bond donors (Lipinski definition) is 0. The van der Waals surface area contributed by atoms with Gasteiger partial charge in [-0.2, -0.15) is 0 Å². The summed E-state index contributed by atoms with van der Waals surface area (Å²) in [6, 6.07) is 147. The van der Waals surface area contributed by atoms with E-state index in [0.717, 1.165) is 183 Å². The fourth-order valence-corrected chi connectivity index (χ4v) is 19.0. The van der Waals surface area contributed by atoms with E-state index in [1.807, 2.05) is 72.8 Å². The first-order chi connectivity index (χ1) is 60.9. The molecule has 0 radical (unpaired) electrons. The van der Waals surface area contributed by atoms with Crippen LogP contribution >= 0.6 is 0 Å². The van der Waals surface area contributed by atoms with Crippen molar-refractivity contribution in [3.8, 4) is 0 Å². The van der Waals surface area contributed by atoms with Crippen molar-refractivity contribution < 1.29 is 26.5 Å². The van der Waals surface area contributed by atoms with E-state index in [4.69, 9.17) is 26.5 Å². The highest BCUT2D eigenvalue weighted by atomic mass is 16.3. The molecule has 0 saturated heterocycles. The monoisotopic (exact) mass is 1580 g/mol. The van der Waals surface area contributed by atoms with Crippen molar-refractivity contribution in [2.75, 3.05) is 14.7 Å². The quantitative estimate of drug-likeness (QED) is 0.131. The van der Waals surface area contributed by atoms with Crippen molar-refractivity contribution in [3.05, 3.63) is 419 Å². The molecule has 0 saturated carbocycles. The predicted molar refractivity (Wildman–Crippen MR) is 512 cm³/mol. The normalized spacial score (nSPS) is 11.9. The molecule has 0 atom stereocenters. The molecule has 123 heavy (non-hydrogen) atoms. The molecule has 27 aromatic rings. The van der Waals surface area contributed by atoms with Crippen molar-refractivity contribution in [1.29, 1.82) is 0 Å². The number of nitrogens with zero attached hydrogens (tertiary/aromatic N) is 3. The van der Waals surface area contributed by atoms with E-state index >= 15 is 0 Å². The fraction of sp³-hybridized carbons (Fsp3) is 0. The van der Waals surface area contributed by atoms with Crippen LogP contribution in [0.2, 0.25) is 0 Å². The van der Waals surface area contributed by atoms with E-state index in [2.05, 4.69) is 360 Å². The number of anilines is 9. The second-order valence-corrected chi connectivity index (χ2v) is 31.7. The van der Waals surface area contributed by atoms with E-state index in [-0.39, 0.29) is 0 Å². The summed E-state index contributed by atoms with van der Waals surface area (Å²) in [5.74, 6) is 0. The Balaban J connectivity index is 0.000000101. The molecule has 0 unspecified atom stereocenters. The molecular weight excluding hydrogens is 1510 g/mol. The fourth-order valence-electron chi connectivity index (χ4n) is 19.0. The Kier molecular flexibility index (Phi) is 15.8. The van der Waals surface area contributed by atoms with Gasteiger partial charge in [-0.15, -0.1) is 0 Å². The van der Waals surface area contributed by atoms with Crippen LogP contribution in [-0.2, 0) is 0 Å². The van der Waals surface area contributed by atoms with Gasteiger partial charge in [0.2, 0.25) is 0 Å². The molecule has 0 aliphatic carbocycles. The number of hydrogen-bond acceptors (Lipinski definition) is 9. The molecule has 21 aromatic carbocycles. The van der Waals surface area contributed by atoms with Crippen LogP contribution in [0.1, 0.15) is 0 Å². The van der Waals surface area contributed by atoms with Gasteiger partial charge in [-0.25, -0.2) is 0 Å². The van der Waals surface area contributed by atoms with Gasteiger partial charge in [0.15, 0.2) is 0 Å². The number of para-hydroxylation sites is 6. The number of benzene rings is 21. The van der Waals surface area contributed by atoms with Crippen LogP contribution in [0, 0.1) is 0 Å². The van der Waals surface area contributed by atoms with Gasteiger partial charge in [-0.3, -0.25) is 0 Å². The van der Waals surface area contributed by atoms with E-state index in [1.54, 1.807) is 0 Å². The maximum Gasteiger partial charge on any atom is 0.137 e. The smallest absolute Gasteiger partial charge is 0.137 e. The molecule has 6 aromatic heterocycles. The first-order valence-corrected chi connectivity index (χ1v) is 41.5. The molecule has 0 spiro atoms. The average molecular weight is 1580 g/mol. The van der Waals surface area contributed by atoms with Crippen LogP contribution in [-0.4, -0.2) is 0 Å². The maximum atomic E-state index is 6.34. The van der Waals surface area contributed by atoms with Crippen molar-refractivity contribution in [2.45, 2.75) is 0 Å². The summed E-state index contributed by atoms with van der Waals surface area (Å²) in [6.07, 6.45) is 0. The van der Waals surface area contributed by atoms with Gasteiger partial charge in [0, 0.05) is 152 Å². The second-order valence-electron chi connectivity index (χ2n) is 31.7. The van der Waals surface area contributed by atoms with Crippen molar-refractivity contribution in [2.24, 2.45) is 0 Å². The summed E-state index contributed by atoms with van der Waals surface area (Å²) in [5.41, 5.74) is 20.0. The Morgan fingerprint density at radius 1 is 0.114 bits per heavy atom. The van der Waals surface area contributed by atoms with Crippen molar-refractivity contribution >= 4 is 247 Å². The molecule has 27 rings (SSSR count). The Morgan fingerprint density at radius 2 is 0.333 bits per heavy atom. The SMILES string of the molecule is c1ccc2c(c1)cc(N(c1ccc3c(c1)oc1ccccc13)c1ccc3c(c1)oc1ccccc13)c1ccccc12.c1ccc2c(c1)ccc1c(N(c3ccc4c(c3)oc3ccccc34)c3ccc4c(c3)oc3ccccc34)cccc12.c1ccc2c(c1)ccc1ccc(N(c3ccc4c(c3)oc3ccccc34)c3ccc4c(c3)oc3ccccc34)cc12. The lowest BCUT2D eigenvalue weighted by Gasteiger charge is -2.27. The van der Waals surface area contributed by atoms with Crippen LogP contribution in [0.3, 0.4) is 0 Å². The number of fused-ring (bicyclic) bond motifs is 27.